The molecule has 0 saturated carbocycles. The van der Waals surface area contributed by atoms with E-state index in [1.807, 2.05) is 18.2 Å². The Morgan fingerprint density at radius 2 is 2.24 bits per heavy atom. The molecule has 21 heavy (non-hydrogen) atoms. The minimum Gasteiger partial charge on any atom is -0.355 e. The summed E-state index contributed by atoms with van der Waals surface area (Å²) in [6.45, 7) is 0.373. The fourth-order valence-corrected chi connectivity index (χ4v) is 2.24. The zero-order chi connectivity index (χ0) is 14.7. The molecule has 0 aliphatic carbocycles. The number of nitrogens with zero attached hydrogens (tertiary/aromatic N) is 4. The van der Waals surface area contributed by atoms with Gasteiger partial charge in [-0.2, -0.15) is 4.68 Å². The molecule has 1 fully saturated rings. The number of anilines is 1. The second kappa shape index (κ2) is 5.70. The van der Waals surface area contributed by atoms with Gasteiger partial charge in [0, 0.05) is 13.0 Å². The Labute approximate surface area is 120 Å². The third-order valence-electron chi connectivity index (χ3n) is 3.39. The number of tetrazole rings is 1. The molecule has 1 aromatic heterocycles. The topological polar surface area (TPSA) is 102 Å². The van der Waals surface area contributed by atoms with Crippen molar-refractivity contribution < 1.29 is 9.59 Å². The normalized spacial score (nSPS) is 18.1. The largest absolute Gasteiger partial charge is 0.355 e. The number of carbonyl (C=O) groups is 2. The van der Waals surface area contributed by atoms with Crippen molar-refractivity contribution in [3.8, 4) is 5.69 Å². The lowest BCUT2D eigenvalue weighted by Gasteiger charge is -2.22. The molecule has 2 amide bonds. The zero-order valence-electron chi connectivity index (χ0n) is 11.2. The molecule has 8 heteroatoms. The van der Waals surface area contributed by atoms with Crippen molar-refractivity contribution >= 4 is 17.5 Å². The Morgan fingerprint density at radius 1 is 1.38 bits per heavy atom. The van der Waals surface area contributed by atoms with Gasteiger partial charge in [0.05, 0.1) is 17.3 Å². The third kappa shape index (κ3) is 2.88. The summed E-state index contributed by atoms with van der Waals surface area (Å²) < 4.78 is 1.48. The van der Waals surface area contributed by atoms with Crippen molar-refractivity contribution in [1.29, 1.82) is 0 Å². The SMILES string of the molecule is O=C1CCC(C(=O)Nc2ccccc2-n2cnnn2)CN1. The zero-order valence-corrected chi connectivity index (χ0v) is 11.2. The van der Waals surface area contributed by atoms with Crippen molar-refractivity contribution in [2.45, 2.75) is 12.8 Å². The van der Waals surface area contributed by atoms with Crippen LogP contribution in [0.15, 0.2) is 30.6 Å². The maximum absolute atomic E-state index is 12.3. The Bertz CT molecular complexity index is 644. The van der Waals surface area contributed by atoms with Crippen LogP contribution in [0.4, 0.5) is 5.69 Å². The number of benzene rings is 1. The molecule has 1 unspecified atom stereocenters. The van der Waals surface area contributed by atoms with Gasteiger partial charge >= 0.3 is 0 Å². The fourth-order valence-electron chi connectivity index (χ4n) is 2.24. The highest BCUT2D eigenvalue weighted by atomic mass is 16.2. The second-order valence-electron chi connectivity index (χ2n) is 4.80. The number of nitrogens with one attached hydrogen (secondary N) is 2. The van der Waals surface area contributed by atoms with Gasteiger partial charge in [-0.1, -0.05) is 12.1 Å². The van der Waals surface area contributed by atoms with E-state index in [4.69, 9.17) is 0 Å². The molecule has 1 aromatic carbocycles. The van der Waals surface area contributed by atoms with Gasteiger partial charge in [-0.25, -0.2) is 0 Å². The van der Waals surface area contributed by atoms with E-state index in [1.165, 1.54) is 11.0 Å². The van der Waals surface area contributed by atoms with Crippen LogP contribution in [0.25, 0.3) is 5.69 Å². The highest BCUT2D eigenvalue weighted by Crippen LogP contribution is 2.20. The quantitative estimate of drug-likeness (QED) is 0.835. The lowest BCUT2D eigenvalue weighted by molar-refractivity contribution is -0.126. The highest BCUT2D eigenvalue weighted by Gasteiger charge is 2.25. The summed E-state index contributed by atoms with van der Waals surface area (Å²) in [5.74, 6) is -0.340. The Kier molecular flexibility index (Phi) is 3.59. The molecule has 1 atom stereocenters. The van der Waals surface area contributed by atoms with Crippen LogP contribution in [0.5, 0.6) is 0 Å². The molecule has 1 aliphatic heterocycles. The summed E-state index contributed by atoms with van der Waals surface area (Å²) in [6, 6.07) is 7.27. The van der Waals surface area contributed by atoms with Crippen LogP contribution >= 0.6 is 0 Å². The average Bonchev–Trinajstić information content (AvgIpc) is 3.02. The first-order chi connectivity index (χ1) is 10.2. The molecule has 2 N–H and O–H groups in total. The van der Waals surface area contributed by atoms with Crippen LogP contribution in [-0.2, 0) is 9.59 Å². The average molecular weight is 286 g/mol. The molecule has 0 bridgehead atoms. The summed E-state index contributed by atoms with van der Waals surface area (Å²) in [6.07, 6.45) is 2.41. The molecule has 108 valence electrons. The number of carbonyl (C=O) groups excluding carboxylic acids is 2. The lowest BCUT2D eigenvalue weighted by Crippen LogP contribution is -2.40. The van der Waals surface area contributed by atoms with Gasteiger partial charge in [-0.15, -0.1) is 5.10 Å². The summed E-state index contributed by atoms with van der Waals surface area (Å²) >= 11 is 0. The molecule has 0 radical (unpaired) electrons. The minimum absolute atomic E-state index is 0.00635. The molecule has 1 saturated heterocycles. The van der Waals surface area contributed by atoms with Crippen LogP contribution in [0.2, 0.25) is 0 Å². The summed E-state index contributed by atoms with van der Waals surface area (Å²) in [4.78, 5) is 23.4. The number of hydrogen-bond acceptors (Lipinski definition) is 5. The third-order valence-corrected chi connectivity index (χ3v) is 3.39. The van der Waals surface area contributed by atoms with Crippen LogP contribution in [0, 0.1) is 5.92 Å². The Balaban J connectivity index is 1.76. The van der Waals surface area contributed by atoms with E-state index >= 15 is 0 Å². The van der Waals surface area contributed by atoms with Crippen molar-refractivity contribution in [2.75, 3.05) is 11.9 Å². The van der Waals surface area contributed by atoms with Crippen molar-refractivity contribution in [3.05, 3.63) is 30.6 Å². The van der Waals surface area contributed by atoms with Crippen LogP contribution in [-0.4, -0.2) is 38.6 Å². The molecular weight excluding hydrogens is 272 g/mol. The first-order valence-electron chi connectivity index (χ1n) is 6.64. The molecule has 0 spiro atoms. The van der Waals surface area contributed by atoms with E-state index in [2.05, 4.69) is 26.2 Å². The summed E-state index contributed by atoms with van der Waals surface area (Å²) in [5, 5.41) is 16.6. The number of piperidine rings is 1. The van der Waals surface area contributed by atoms with E-state index in [0.717, 1.165) is 0 Å². The van der Waals surface area contributed by atoms with Crippen molar-refractivity contribution in [1.82, 2.24) is 25.5 Å². The fraction of sp³-hybridized carbons (Fsp3) is 0.308. The van der Waals surface area contributed by atoms with Gasteiger partial charge in [0.1, 0.15) is 6.33 Å². The van der Waals surface area contributed by atoms with Gasteiger partial charge in [-0.3, -0.25) is 9.59 Å². The predicted octanol–water partition coefficient (Wildman–Crippen LogP) is 0.127. The Morgan fingerprint density at radius 3 is 2.95 bits per heavy atom. The summed E-state index contributed by atoms with van der Waals surface area (Å²) in [5.41, 5.74) is 1.32. The Hall–Kier alpha value is -2.77. The van der Waals surface area contributed by atoms with E-state index in [-0.39, 0.29) is 17.7 Å². The molecular formula is C13H14N6O2. The molecule has 8 nitrogen and oxygen atoms in total. The summed E-state index contributed by atoms with van der Waals surface area (Å²) in [7, 11) is 0. The number of aromatic nitrogens is 4. The number of rotatable bonds is 3. The van der Waals surface area contributed by atoms with Gasteiger partial charge in [0.25, 0.3) is 0 Å². The van der Waals surface area contributed by atoms with Gasteiger partial charge in [0.15, 0.2) is 0 Å². The highest BCUT2D eigenvalue weighted by molar-refractivity contribution is 5.95. The molecule has 3 rings (SSSR count). The van der Waals surface area contributed by atoms with E-state index < -0.39 is 0 Å². The lowest BCUT2D eigenvalue weighted by atomic mass is 9.98. The van der Waals surface area contributed by atoms with Gasteiger partial charge < -0.3 is 10.6 Å². The standard InChI is InChI=1S/C13H14N6O2/c20-12-6-5-9(7-14-12)13(21)16-10-3-1-2-4-11(10)19-8-15-17-18-19/h1-4,8-9H,5-7H2,(H,14,20)(H,16,21). The number of hydrogen-bond donors (Lipinski definition) is 2. The number of para-hydroxylation sites is 2. The van der Waals surface area contributed by atoms with E-state index in [0.29, 0.717) is 30.8 Å². The van der Waals surface area contributed by atoms with Crippen molar-refractivity contribution in [3.63, 3.8) is 0 Å². The predicted molar refractivity (Wildman–Crippen MR) is 73.5 cm³/mol. The smallest absolute Gasteiger partial charge is 0.229 e. The van der Waals surface area contributed by atoms with Crippen LogP contribution in [0.1, 0.15) is 12.8 Å². The van der Waals surface area contributed by atoms with E-state index in [9.17, 15) is 9.59 Å². The first-order valence-corrected chi connectivity index (χ1v) is 6.64. The van der Waals surface area contributed by atoms with Gasteiger partial charge in [0.2, 0.25) is 11.8 Å². The second-order valence-corrected chi connectivity index (χ2v) is 4.80. The van der Waals surface area contributed by atoms with Crippen molar-refractivity contribution in [2.24, 2.45) is 5.92 Å². The molecule has 1 aliphatic rings. The van der Waals surface area contributed by atoms with Crippen LogP contribution < -0.4 is 10.6 Å². The van der Waals surface area contributed by atoms with E-state index in [1.54, 1.807) is 6.07 Å². The van der Waals surface area contributed by atoms with Crippen LogP contribution in [0.3, 0.4) is 0 Å². The number of amides is 2. The minimum atomic E-state index is -0.218. The van der Waals surface area contributed by atoms with Gasteiger partial charge in [-0.05, 0) is 29.0 Å². The maximum Gasteiger partial charge on any atom is 0.229 e. The maximum atomic E-state index is 12.3. The monoisotopic (exact) mass is 286 g/mol. The first kappa shape index (κ1) is 13.2. The molecule has 2 aromatic rings. The molecule has 2 heterocycles.